The van der Waals surface area contributed by atoms with Crippen LogP contribution in [0.5, 0.6) is 0 Å². The van der Waals surface area contributed by atoms with Gasteiger partial charge < -0.3 is 14.6 Å². The molecular formula is C21H26N2O3. The van der Waals surface area contributed by atoms with Gasteiger partial charge in [-0.15, -0.1) is 0 Å². The van der Waals surface area contributed by atoms with E-state index in [-0.39, 0.29) is 18.1 Å². The summed E-state index contributed by atoms with van der Waals surface area (Å²) in [5.41, 5.74) is 4.36. The number of nitrogens with one attached hydrogen (secondary N) is 1. The van der Waals surface area contributed by atoms with Gasteiger partial charge in [-0.2, -0.15) is 0 Å². The second-order valence-corrected chi connectivity index (χ2v) is 7.27. The first-order valence-corrected chi connectivity index (χ1v) is 9.12. The predicted octanol–water partition coefficient (Wildman–Crippen LogP) is 4.18. The first-order chi connectivity index (χ1) is 12.3. The molecule has 1 unspecified atom stereocenters. The van der Waals surface area contributed by atoms with Gasteiger partial charge in [-0.1, -0.05) is 18.2 Å². The second kappa shape index (κ2) is 6.98. The van der Waals surface area contributed by atoms with Gasteiger partial charge >= 0.3 is 5.97 Å². The predicted molar refractivity (Wildman–Crippen MR) is 102 cm³/mol. The van der Waals surface area contributed by atoms with Gasteiger partial charge in [0, 0.05) is 17.4 Å². The van der Waals surface area contributed by atoms with Crippen molar-refractivity contribution in [1.29, 1.82) is 0 Å². The first-order valence-electron chi connectivity index (χ1n) is 9.12. The molecule has 1 aromatic carbocycles. The van der Waals surface area contributed by atoms with Gasteiger partial charge in [0.2, 0.25) is 0 Å². The summed E-state index contributed by atoms with van der Waals surface area (Å²) in [4.78, 5) is 30.7. The van der Waals surface area contributed by atoms with Crippen LogP contribution >= 0.6 is 0 Å². The van der Waals surface area contributed by atoms with E-state index in [1.54, 1.807) is 13.8 Å². The average molecular weight is 354 g/mol. The van der Waals surface area contributed by atoms with Crippen LogP contribution in [-0.4, -0.2) is 29.0 Å². The van der Waals surface area contributed by atoms with Crippen molar-refractivity contribution in [2.75, 3.05) is 4.90 Å². The summed E-state index contributed by atoms with van der Waals surface area (Å²) in [6, 6.07) is 8.12. The fourth-order valence-corrected chi connectivity index (χ4v) is 3.66. The molecule has 0 bridgehead atoms. The SMILES string of the molecule is Cc1[nH]c(C(=O)N2c3ccccc3CCC2C)c(C)c1C(=O)OC(C)C. The highest BCUT2D eigenvalue weighted by Crippen LogP contribution is 2.32. The van der Waals surface area contributed by atoms with Gasteiger partial charge in [0.1, 0.15) is 5.69 Å². The highest BCUT2D eigenvalue weighted by atomic mass is 16.5. The van der Waals surface area contributed by atoms with Crippen LogP contribution in [0.3, 0.4) is 0 Å². The van der Waals surface area contributed by atoms with Crippen molar-refractivity contribution in [1.82, 2.24) is 4.98 Å². The lowest BCUT2D eigenvalue weighted by Crippen LogP contribution is -2.42. The van der Waals surface area contributed by atoms with Crippen molar-refractivity contribution in [2.45, 2.75) is 59.6 Å². The molecule has 2 heterocycles. The quantitative estimate of drug-likeness (QED) is 0.841. The summed E-state index contributed by atoms with van der Waals surface area (Å²) in [6.45, 7) is 9.29. The number of anilines is 1. The highest BCUT2D eigenvalue weighted by Gasteiger charge is 2.32. The van der Waals surface area contributed by atoms with Gasteiger partial charge in [0.05, 0.1) is 11.7 Å². The van der Waals surface area contributed by atoms with E-state index in [1.807, 2.05) is 36.9 Å². The summed E-state index contributed by atoms with van der Waals surface area (Å²) in [5.74, 6) is -0.494. The smallest absolute Gasteiger partial charge is 0.340 e. The Hall–Kier alpha value is -2.56. The topological polar surface area (TPSA) is 62.4 Å². The Balaban J connectivity index is 2.00. The Morgan fingerprint density at radius 1 is 1.23 bits per heavy atom. The molecule has 1 aromatic heterocycles. The molecule has 5 nitrogen and oxygen atoms in total. The van der Waals surface area contributed by atoms with Crippen molar-refractivity contribution in [3.05, 3.63) is 52.3 Å². The number of benzene rings is 1. The molecule has 1 amide bonds. The van der Waals surface area contributed by atoms with E-state index in [2.05, 4.69) is 18.0 Å². The minimum Gasteiger partial charge on any atom is -0.459 e. The number of aromatic nitrogens is 1. The van der Waals surface area contributed by atoms with Gasteiger partial charge in [0.15, 0.2) is 0 Å². The Morgan fingerprint density at radius 2 is 1.92 bits per heavy atom. The van der Waals surface area contributed by atoms with Crippen molar-refractivity contribution < 1.29 is 14.3 Å². The number of ether oxygens (including phenoxy) is 1. The first kappa shape index (κ1) is 18.2. The maximum atomic E-state index is 13.3. The monoisotopic (exact) mass is 354 g/mol. The molecule has 0 aliphatic carbocycles. The Labute approximate surface area is 154 Å². The molecule has 5 heteroatoms. The molecule has 0 spiro atoms. The van der Waals surface area contributed by atoms with Crippen molar-refractivity contribution in [2.24, 2.45) is 0 Å². The van der Waals surface area contributed by atoms with Crippen molar-refractivity contribution in [3.8, 4) is 0 Å². The lowest BCUT2D eigenvalue weighted by molar-refractivity contribution is 0.0376. The molecule has 1 N–H and O–H groups in total. The van der Waals surface area contributed by atoms with E-state index in [4.69, 9.17) is 4.74 Å². The van der Waals surface area contributed by atoms with E-state index in [9.17, 15) is 9.59 Å². The summed E-state index contributed by atoms with van der Waals surface area (Å²) in [6.07, 6.45) is 1.68. The minimum absolute atomic E-state index is 0.103. The van der Waals surface area contributed by atoms with Crippen LogP contribution in [0, 0.1) is 13.8 Å². The zero-order valence-electron chi connectivity index (χ0n) is 16.1. The molecule has 0 saturated carbocycles. The van der Waals surface area contributed by atoms with Crippen LogP contribution in [-0.2, 0) is 11.2 Å². The second-order valence-electron chi connectivity index (χ2n) is 7.27. The molecular weight excluding hydrogens is 328 g/mol. The Bertz CT molecular complexity index is 851. The number of aryl methyl sites for hydroxylation is 2. The molecule has 0 saturated heterocycles. The normalized spacial score (nSPS) is 16.5. The maximum absolute atomic E-state index is 13.3. The standard InChI is InChI=1S/C21H26N2O3/c1-12(2)26-21(25)18-14(4)19(22-15(18)5)20(24)23-13(3)10-11-16-8-6-7-9-17(16)23/h6-9,12-13,22H,10-11H2,1-5H3. The molecule has 138 valence electrons. The zero-order chi connectivity index (χ0) is 19.0. The van der Waals surface area contributed by atoms with E-state index in [0.29, 0.717) is 22.5 Å². The molecule has 1 aliphatic rings. The average Bonchev–Trinajstić information content (AvgIpc) is 2.88. The molecule has 26 heavy (non-hydrogen) atoms. The third kappa shape index (κ3) is 3.14. The molecule has 0 radical (unpaired) electrons. The maximum Gasteiger partial charge on any atom is 0.340 e. The Morgan fingerprint density at radius 3 is 2.62 bits per heavy atom. The third-order valence-electron chi connectivity index (χ3n) is 4.94. The number of aromatic amines is 1. The summed E-state index contributed by atoms with van der Waals surface area (Å²) < 4.78 is 5.33. The number of hydrogen-bond acceptors (Lipinski definition) is 3. The van der Waals surface area contributed by atoms with Crippen LogP contribution in [0.4, 0.5) is 5.69 Å². The summed E-state index contributed by atoms with van der Waals surface area (Å²) in [5, 5.41) is 0. The fourth-order valence-electron chi connectivity index (χ4n) is 3.66. The third-order valence-corrected chi connectivity index (χ3v) is 4.94. The lowest BCUT2D eigenvalue weighted by Gasteiger charge is -2.35. The van der Waals surface area contributed by atoms with Gasteiger partial charge in [-0.25, -0.2) is 4.79 Å². The van der Waals surface area contributed by atoms with E-state index in [0.717, 1.165) is 18.5 Å². The molecule has 0 fully saturated rings. The van der Waals surface area contributed by atoms with Crippen LogP contribution in [0.25, 0.3) is 0 Å². The minimum atomic E-state index is -0.391. The van der Waals surface area contributed by atoms with Crippen molar-refractivity contribution in [3.63, 3.8) is 0 Å². The van der Waals surface area contributed by atoms with Crippen LogP contribution in [0.15, 0.2) is 24.3 Å². The van der Waals surface area contributed by atoms with Gasteiger partial charge in [-0.05, 0) is 64.7 Å². The number of esters is 1. The molecule has 2 aromatic rings. The van der Waals surface area contributed by atoms with E-state index in [1.165, 1.54) is 5.56 Å². The lowest BCUT2D eigenvalue weighted by atomic mass is 9.96. The Kier molecular flexibility index (Phi) is 4.90. The molecule has 1 aliphatic heterocycles. The number of rotatable bonds is 3. The fraction of sp³-hybridized carbons (Fsp3) is 0.429. The molecule has 3 rings (SSSR count). The summed E-state index contributed by atoms with van der Waals surface area (Å²) in [7, 11) is 0. The van der Waals surface area contributed by atoms with Gasteiger partial charge in [0.25, 0.3) is 5.91 Å². The number of fused-ring (bicyclic) bond motifs is 1. The number of para-hydroxylation sites is 1. The zero-order valence-corrected chi connectivity index (χ0v) is 16.1. The number of nitrogens with zero attached hydrogens (tertiary/aromatic N) is 1. The van der Waals surface area contributed by atoms with Crippen LogP contribution < -0.4 is 4.90 Å². The number of hydrogen-bond donors (Lipinski definition) is 1. The summed E-state index contributed by atoms with van der Waals surface area (Å²) >= 11 is 0. The largest absolute Gasteiger partial charge is 0.459 e. The number of amides is 1. The van der Waals surface area contributed by atoms with Crippen molar-refractivity contribution >= 4 is 17.6 Å². The number of carbonyl (C=O) groups excluding carboxylic acids is 2. The van der Waals surface area contributed by atoms with E-state index >= 15 is 0 Å². The van der Waals surface area contributed by atoms with E-state index < -0.39 is 5.97 Å². The number of carbonyl (C=O) groups is 2. The van der Waals surface area contributed by atoms with Crippen LogP contribution in [0.1, 0.15) is 64.9 Å². The van der Waals surface area contributed by atoms with Crippen LogP contribution in [0.2, 0.25) is 0 Å². The van der Waals surface area contributed by atoms with Gasteiger partial charge in [-0.3, -0.25) is 4.79 Å². The molecule has 1 atom stereocenters. The number of H-pyrrole nitrogens is 1. The highest BCUT2D eigenvalue weighted by molar-refractivity contribution is 6.09.